The molecular formula is C19H24N2. The van der Waals surface area contributed by atoms with Gasteiger partial charge in [-0.3, -0.25) is 0 Å². The molecule has 0 aromatic heterocycles. The molecule has 0 bridgehead atoms. The molecule has 0 saturated carbocycles. The van der Waals surface area contributed by atoms with Crippen molar-refractivity contribution in [3.8, 4) is 0 Å². The van der Waals surface area contributed by atoms with Crippen molar-refractivity contribution < 1.29 is 0 Å². The van der Waals surface area contributed by atoms with Crippen molar-refractivity contribution in [3.63, 3.8) is 0 Å². The molecule has 0 saturated heterocycles. The second kappa shape index (κ2) is 5.90. The van der Waals surface area contributed by atoms with Gasteiger partial charge >= 0.3 is 0 Å². The Bertz CT molecular complexity index is 608. The molecule has 1 aliphatic heterocycles. The highest BCUT2D eigenvalue weighted by molar-refractivity contribution is 5.54. The second-order valence-corrected chi connectivity index (χ2v) is 6.11. The first-order valence-corrected chi connectivity index (χ1v) is 7.84. The smallest absolute Gasteiger partial charge is 0.0436 e. The first-order chi connectivity index (χ1) is 10.2. The number of nitrogens with zero attached hydrogens (tertiary/aromatic N) is 1. The van der Waals surface area contributed by atoms with Crippen molar-refractivity contribution in [1.82, 2.24) is 0 Å². The molecule has 0 aliphatic carbocycles. The number of hydrogen-bond donors (Lipinski definition) is 1. The van der Waals surface area contributed by atoms with E-state index in [4.69, 9.17) is 5.73 Å². The van der Waals surface area contributed by atoms with Crippen molar-refractivity contribution in [2.24, 2.45) is 5.73 Å². The van der Waals surface area contributed by atoms with Gasteiger partial charge in [-0.05, 0) is 54.2 Å². The Morgan fingerprint density at radius 1 is 1.10 bits per heavy atom. The summed E-state index contributed by atoms with van der Waals surface area (Å²) in [5, 5.41) is 0. The average Bonchev–Trinajstić information content (AvgIpc) is 2.93. The summed E-state index contributed by atoms with van der Waals surface area (Å²) in [4.78, 5) is 2.45. The van der Waals surface area contributed by atoms with Crippen LogP contribution in [0.1, 0.15) is 35.6 Å². The van der Waals surface area contributed by atoms with Crippen molar-refractivity contribution in [1.29, 1.82) is 0 Å². The lowest BCUT2D eigenvalue weighted by atomic mass is 9.99. The summed E-state index contributed by atoms with van der Waals surface area (Å²) in [6.45, 7) is 6.38. The van der Waals surface area contributed by atoms with E-state index in [1.54, 1.807) is 0 Å². The molecule has 0 spiro atoms. The SMILES string of the molecule is CCC(N)Cc1ccc(N2Cc3ccccc3C2)cc1C. The minimum absolute atomic E-state index is 0.269. The lowest BCUT2D eigenvalue weighted by Crippen LogP contribution is -2.22. The van der Waals surface area contributed by atoms with Crippen LogP contribution in [0.25, 0.3) is 0 Å². The monoisotopic (exact) mass is 280 g/mol. The fraction of sp³-hybridized carbons (Fsp3) is 0.368. The van der Waals surface area contributed by atoms with Crippen LogP contribution >= 0.6 is 0 Å². The van der Waals surface area contributed by atoms with Crippen molar-refractivity contribution in [2.75, 3.05) is 4.90 Å². The highest BCUT2D eigenvalue weighted by atomic mass is 15.1. The van der Waals surface area contributed by atoms with E-state index in [1.165, 1.54) is 27.9 Å². The number of nitrogens with two attached hydrogens (primary N) is 1. The lowest BCUT2D eigenvalue weighted by molar-refractivity contribution is 0.644. The second-order valence-electron chi connectivity index (χ2n) is 6.11. The molecule has 1 atom stereocenters. The third-order valence-electron chi connectivity index (χ3n) is 4.54. The fourth-order valence-electron chi connectivity index (χ4n) is 3.05. The summed E-state index contributed by atoms with van der Waals surface area (Å²) >= 11 is 0. The van der Waals surface area contributed by atoms with Gasteiger partial charge in [-0.25, -0.2) is 0 Å². The summed E-state index contributed by atoms with van der Waals surface area (Å²) in [5.74, 6) is 0. The minimum atomic E-state index is 0.269. The molecule has 1 unspecified atom stereocenters. The van der Waals surface area contributed by atoms with Crippen LogP contribution in [0.4, 0.5) is 5.69 Å². The molecule has 2 aromatic rings. The first-order valence-electron chi connectivity index (χ1n) is 7.84. The average molecular weight is 280 g/mol. The first kappa shape index (κ1) is 14.2. The predicted molar refractivity (Wildman–Crippen MR) is 89.5 cm³/mol. The van der Waals surface area contributed by atoms with E-state index in [2.05, 4.69) is 61.2 Å². The van der Waals surface area contributed by atoms with Crippen LogP contribution in [0.5, 0.6) is 0 Å². The number of anilines is 1. The zero-order valence-electron chi connectivity index (χ0n) is 13.0. The van der Waals surface area contributed by atoms with Gasteiger partial charge in [-0.1, -0.05) is 37.3 Å². The van der Waals surface area contributed by atoms with E-state index in [0.29, 0.717) is 0 Å². The van der Waals surface area contributed by atoms with Gasteiger partial charge in [0.15, 0.2) is 0 Å². The largest absolute Gasteiger partial charge is 0.363 e. The van der Waals surface area contributed by atoms with E-state index in [-0.39, 0.29) is 6.04 Å². The van der Waals surface area contributed by atoms with Crippen LogP contribution < -0.4 is 10.6 Å². The van der Waals surface area contributed by atoms with Crippen LogP contribution in [0.2, 0.25) is 0 Å². The Morgan fingerprint density at radius 2 is 1.76 bits per heavy atom. The van der Waals surface area contributed by atoms with Crippen molar-refractivity contribution in [2.45, 2.75) is 45.8 Å². The van der Waals surface area contributed by atoms with Gasteiger partial charge in [0.2, 0.25) is 0 Å². The number of rotatable bonds is 4. The lowest BCUT2D eigenvalue weighted by Gasteiger charge is -2.20. The van der Waals surface area contributed by atoms with Crippen LogP contribution in [-0.4, -0.2) is 6.04 Å². The summed E-state index contributed by atoms with van der Waals surface area (Å²) in [7, 11) is 0. The third-order valence-corrected chi connectivity index (χ3v) is 4.54. The molecule has 2 aromatic carbocycles. The highest BCUT2D eigenvalue weighted by Crippen LogP contribution is 2.29. The maximum Gasteiger partial charge on any atom is 0.0436 e. The molecule has 110 valence electrons. The Balaban J connectivity index is 1.78. The number of benzene rings is 2. The van der Waals surface area contributed by atoms with Gasteiger partial charge in [0, 0.05) is 24.8 Å². The molecule has 0 amide bonds. The molecule has 2 nitrogen and oxygen atoms in total. The molecule has 1 aliphatic rings. The third kappa shape index (κ3) is 2.96. The number of aryl methyl sites for hydroxylation is 1. The fourth-order valence-corrected chi connectivity index (χ4v) is 3.05. The topological polar surface area (TPSA) is 29.3 Å². The van der Waals surface area contributed by atoms with E-state index >= 15 is 0 Å². The van der Waals surface area contributed by atoms with Gasteiger partial charge in [0.05, 0.1) is 0 Å². The van der Waals surface area contributed by atoms with E-state index in [9.17, 15) is 0 Å². The number of hydrogen-bond acceptors (Lipinski definition) is 2. The van der Waals surface area contributed by atoms with Crippen LogP contribution in [0.15, 0.2) is 42.5 Å². The zero-order valence-corrected chi connectivity index (χ0v) is 13.0. The molecule has 1 heterocycles. The van der Waals surface area contributed by atoms with Crippen molar-refractivity contribution in [3.05, 3.63) is 64.7 Å². The molecule has 2 N–H and O–H groups in total. The summed E-state index contributed by atoms with van der Waals surface area (Å²) in [5.41, 5.74) is 13.0. The molecule has 2 heteroatoms. The van der Waals surface area contributed by atoms with Crippen LogP contribution in [0, 0.1) is 6.92 Å². The highest BCUT2D eigenvalue weighted by Gasteiger charge is 2.19. The van der Waals surface area contributed by atoms with Gasteiger partial charge in [-0.15, -0.1) is 0 Å². The number of fused-ring (bicyclic) bond motifs is 1. The van der Waals surface area contributed by atoms with E-state index in [0.717, 1.165) is 25.9 Å². The van der Waals surface area contributed by atoms with Gasteiger partial charge in [-0.2, -0.15) is 0 Å². The molecule has 3 rings (SSSR count). The summed E-state index contributed by atoms with van der Waals surface area (Å²) < 4.78 is 0. The Kier molecular flexibility index (Phi) is 3.98. The van der Waals surface area contributed by atoms with Crippen molar-refractivity contribution >= 4 is 5.69 Å². The maximum atomic E-state index is 6.08. The Hall–Kier alpha value is -1.80. The Morgan fingerprint density at radius 3 is 2.33 bits per heavy atom. The van der Waals surface area contributed by atoms with Crippen LogP contribution in [0.3, 0.4) is 0 Å². The molecular weight excluding hydrogens is 256 g/mol. The maximum absolute atomic E-state index is 6.08. The standard InChI is InChI=1S/C19H24N2/c1-3-18(20)11-15-8-9-19(10-14(15)2)21-12-16-6-4-5-7-17(16)13-21/h4-10,18H,3,11-13,20H2,1-2H3. The quantitative estimate of drug-likeness (QED) is 0.923. The van der Waals surface area contributed by atoms with Gasteiger partial charge in [0.1, 0.15) is 0 Å². The normalized spacial score (nSPS) is 15.1. The Labute approximate surface area is 127 Å². The minimum Gasteiger partial charge on any atom is -0.363 e. The van der Waals surface area contributed by atoms with E-state index < -0.39 is 0 Å². The predicted octanol–water partition coefficient (Wildman–Crippen LogP) is 3.80. The molecule has 0 fully saturated rings. The van der Waals surface area contributed by atoms with Crippen LogP contribution in [-0.2, 0) is 19.5 Å². The zero-order chi connectivity index (χ0) is 14.8. The summed E-state index contributed by atoms with van der Waals surface area (Å²) in [6.07, 6.45) is 2.01. The molecule has 0 radical (unpaired) electrons. The van der Waals surface area contributed by atoms with Gasteiger partial charge < -0.3 is 10.6 Å². The summed E-state index contributed by atoms with van der Waals surface area (Å²) in [6, 6.07) is 15.8. The van der Waals surface area contributed by atoms with E-state index in [1.807, 2.05) is 0 Å². The van der Waals surface area contributed by atoms with Gasteiger partial charge in [0.25, 0.3) is 0 Å². The molecule has 21 heavy (non-hydrogen) atoms.